The number of amides is 1. The highest BCUT2D eigenvalue weighted by Gasteiger charge is 2.15. The van der Waals surface area contributed by atoms with Gasteiger partial charge in [0.05, 0.1) is 12.1 Å². The van der Waals surface area contributed by atoms with Gasteiger partial charge in [0.2, 0.25) is 0 Å². The molecular weight excluding hydrogens is 306 g/mol. The molecule has 0 spiro atoms. The van der Waals surface area contributed by atoms with E-state index < -0.39 is 5.91 Å². The quantitative estimate of drug-likeness (QED) is 0.796. The van der Waals surface area contributed by atoms with Crippen LogP contribution in [0.15, 0.2) is 36.4 Å². The molecule has 1 unspecified atom stereocenters. The van der Waals surface area contributed by atoms with E-state index in [0.717, 1.165) is 31.0 Å². The Bertz CT molecular complexity index is 753. The molecule has 1 aromatic carbocycles. The first kappa shape index (κ1) is 17.4. The second kappa shape index (κ2) is 7.53. The Hall–Kier alpha value is -1.98. The number of hydrogen-bond donors (Lipinski definition) is 2. The maximum absolute atomic E-state index is 11.7. The summed E-state index contributed by atoms with van der Waals surface area (Å²) < 4.78 is 2.55. The van der Waals surface area contributed by atoms with E-state index in [1.54, 1.807) is 0 Å². The summed E-state index contributed by atoms with van der Waals surface area (Å²) >= 11 is 5.52. The molecule has 0 aliphatic heterocycles. The van der Waals surface area contributed by atoms with Gasteiger partial charge in [0.25, 0.3) is 5.91 Å². The lowest BCUT2D eigenvalue weighted by molar-refractivity contribution is -0.934. The first-order valence-corrected chi connectivity index (χ1v) is 8.23. The lowest BCUT2D eigenvalue weighted by Crippen LogP contribution is -3.09. The van der Waals surface area contributed by atoms with Crippen LogP contribution in [0.4, 0.5) is 0 Å². The van der Waals surface area contributed by atoms with Gasteiger partial charge in [-0.05, 0) is 32.4 Å². The van der Waals surface area contributed by atoms with Gasteiger partial charge in [-0.2, -0.15) is 0 Å². The summed E-state index contributed by atoms with van der Waals surface area (Å²) in [5.74, 6) is -0.456. The number of nitrogens with one attached hydrogen (secondary N) is 1. The van der Waals surface area contributed by atoms with Crippen molar-refractivity contribution in [2.75, 3.05) is 6.54 Å². The highest BCUT2D eigenvalue weighted by Crippen LogP contribution is 2.13. The molecule has 0 aliphatic rings. The number of carbonyl (C=O) groups excluding carboxylic acids is 1. The fourth-order valence-electron chi connectivity index (χ4n) is 2.82. The Balaban J connectivity index is 2.32. The number of quaternary nitrogens is 1. The van der Waals surface area contributed by atoms with Crippen LogP contribution in [0.25, 0.3) is 0 Å². The molecule has 0 bridgehead atoms. The van der Waals surface area contributed by atoms with Crippen molar-refractivity contribution < 1.29 is 9.69 Å². The lowest BCUT2D eigenvalue weighted by Gasteiger charge is -2.22. The first-order chi connectivity index (χ1) is 10.9. The van der Waals surface area contributed by atoms with Gasteiger partial charge < -0.3 is 10.6 Å². The van der Waals surface area contributed by atoms with Crippen molar-refractivity contribution in [3.63, 3.8) is 0 Å². The van der Waals surface area contributed by atoms with E-state index in [2.05, 4.69) is 31.2 Å². The van der Waals surface area contributed by atoms with Crippen molar-refractivity contribution in [1.29, 1.82) is 0 Å². The van der Waals surface area contributed by atoms with E-state index in [0.29, 0.717) is 10.2 Å². The third kappa shape index (κ3) is 4.06. The van der Waals surface area contributed by atoms with Gasteiger partial charge in [0.15, 0.2) is 6.67 Å². The topological polar surface area (TPSA) is 52.5 Å². The molecule has 1 atom stereocenters. The first-order valence-electron chi connectivity index (χ1n) is 7.82. The SMILES string of the molecule is CC[NH+](Cc1ccccc1)Cn1c(C)cc(C)c(C(N)=O)c1=S. The van der Waals surface area contributed by atoms with Gasteiger partial charge in [0.1, 0.15) is 11.2 Å². The fourth-order valence-corrected chi connectivity index (χ4v) is 3.29. The molecule has 0 saturated carbocycles. The summed E-state index contributed by atoms with van der Waals surface area (Å²) in [7, 11) is 0. The van der Waals surface area contributed by atoms with E-state index in [1.807, 2.05) is 30.5 Å². The number of rotatable bonds is 6. The van der Waals surface area contributed by atoms with Crippen LogP contribution in [-0.2, 0) is 13.2 Å². The average molecular weight is 330 g/mol. The van der Waals surface area contributed by atoms with Crippen molar-refractivity contribution in [2.24, 2.45) is 5.73 Å². The molecule has 1 aromatic heterocycles. The van der Waals surface area contributed by atoms with E-state index in [4.69, 9.17) is 18.0 Å². The Kier molecular flexibility index (Phi) is 5.69. The Labute approximate surface area is 142 Å². The monoisotopic (exact) mass is 330 g/mol. The van der Waals surface area contributed by atoms with Gasteiger partial charge in [-0.25, -0.2) is 0 Å². The van der Waals surface area contributed by atoms with Gasteiger partial charge in [-0.1, -0.05) is 42.5 Å². The maximum atomic E-state index is 11.7. The van der Waals surface area contributed by atoms with Crippen molar-refractivity contribution in [1.82, 2.24) is 4.57 Å². The number of pyridine rings is 1. The molecule has 3 N–H and O–H groups in total. The molecular formula is C18H24N3OS+. The molecule has 4 nitrogen and oxygen atoms in total. The number of benzene rings is 1. The summed E-state index contributed by atoms with van der Waals surface area (Å²) in [4.78, 5) is 13.1. The van der Waals surface area contributed by atoms with E-state index >= 15 is 0 Å². The summed E-state index contributed by atoms with van der Waals surface area (Å²) in [5, 5.41) is 0. The number of aromatic nitrogens is 1. The highest BCUT2D eigenvalue weighted by atomic mass is 32.1. The molecule has 2 aromatic rings. The summed E-state index contributed by atoms with van der Waals surface area (Å²) in [6.07, 6.45) is 0. The van der Waals surface area contributed by atoms with Gasteiger partial charge in [-0.3, -0.25) is 9.36 Å². The van der Waals surface area contributed by atoms with Crippen LogP contribution in [0.3, 0.4) is 0 Å². The number of carbonyl (C=O) groups is 1. The lowest BCUT2D eigenvalue weighted by atomic mass is 10.1. The zero-order chi connectivity index (χ0) is 17.0. The standard InChI is InChI=1S/C18H23N3OS/c1-4-20(11-15-8-6-5-7-9-15)12-21-14(3)10-13(2)16(17(19)22)18(21)23/h5-10H,4,11-12H2,1-3H3,(H2,19,22)/p+1. The second-order valence-electron chi connectivity index (χ2n) is 5.87. The molecule has 122 valence electrons. The Morgan fingerprint density at radius 2 is 1.91 bits per heavy atom. The molecule has 1 amide bonds. The van der Waals surface area contributed by atoms with Crippen LogP contribution in [0, 0.1) is 18.5 Å². The number of hydrogen-bond acceptors (Lipinski definition) is 2. The minimum absolute atomic E-state index is 0.456. The van der Waals surface area contributed by atoms with Crippen LogP contribution in [0.2, 0.25) is 0 Å². The third-order valence-corrected chi connectivity index (χ3v) is 4.55. The molecule has 2 rings (SSSR count). The maximum Gasteiger partial charge on any atom is 0.251 e. The van der Waals surface area contributed by atoms with Crippen molar-refractivity contribution >= 4 is 18.1 Å². The molecule has 1 heterocycles. The minimum Gasteiger partial charge on any atom is -0.365 e. The number of primary amides is 1. The Morgan fingerprint density at radius 1 is 1.26 bits per heavy atom. The molecule has 0 fully saturated rings. The molecule has 5 heteroatoms. The fraction of sp³-hybridized carbons (Fsp3) is 0.333. The van der Waals surface area contributed by atoms with Crippen LogP contribution >= 0.6 is 12.2 Å². The summed E-state index contributed by atoms with van der Waals surface area (Å²) in [6.45, 7) is 8.65. The van der Waals surface area contributed by atoms with Gasteiger partial charge in [0, 0.05) is 11.3 Å². The number of nitrogens with two attached hydrogens (primary N) is 1. The zero-order valence-electron chi connectivity index (χ0n) is 13.9. The van der Waals surface area contributed by atoms with Crippen LogP contribution < -0.4 is 10.6 Å². The van der Waals surface area contributed by atoms with E-state index in [-0.39, 0.29) is 0 Å². The second-order valence-corrected chi connectivity index (χ2v) is 6.25. The van der Waals surface area contributed by atoms with Crippen LogP contribution in [-0.4, -0.2) is 17.0 Å². The van der Waals surface area contributed by atoms with Crippen molar-refractivity contribution in [3.8, 4) is 0 Å². The normalized spacial score (nSPS) is 12.1. The molecule has 0 aliphatic carbocycles. The van der Waals surface area contributed by atoms with Gasteiger partial charge >= 0.3 is 0 Å². The Morgan fingerprint density at radius 3 is 2.48 bits per heavy atom. The highest BCUT2D eigenvalue weighted by molar-refractivity contribution is 7.71. The molecule has 23 heavy (non-hydrogen) atoms. The van der Waals surface area contributed by atoms with Crippen molar-refractivity contribution in [3.05, 3.63) is 63.4 Å². The average Bonchev–Trinajstić information content (AvgIpc) is 2.50. The zero-order valence-corrected chi connectivity index (χ0v) is 14.7. The molecule has 0 saturated heterocycles. The number of aryl methyl sites for hydroxylation is 2. The predicted octanol–water partition coefficient (Wildman–Crippen LogP) is 2.00. The summed E-state index contributed by atoms with van der Waals surface area (Å²) in [6, 6.07) is 12.4. The molecule has 0 radical (unpaired) electrons. The smallest absolute Gasteiger partial charge is 0.251 e. The number of nitrogens with zero attached hydrogens (tertiary/aromatic N) is 1. The van der Waals surface area contributed by atoms with Crippen molar-refractivity contribution in [2.45, 2.75) is 34.0 Å². The van der Waals surface area contributed by atoms with Crippen LogP contribution in [0.1, 0.15) is 34.1 Å². The predicted molar refractivity (Wildman–Crippen MR) is 94.9 cm³/mol. The van der Waals surface area contributed by atoms with Crippen LogP contribution in [0.5, 0.6) is 0 Å². The third-order valence-electron chi connectivity index (χ3n) is 4.13. The minimum atomic E-state index is -0.456. The largest absolute Gasteiger partial charge is 0.365 e. The summed E-state index contributed by atoms with van der Waals surface area (Å²) in [5.41, 5.74) is 9.14. The van der Waals surface area contributed by atoms with Gasteiger partial charge in [-0.15, -0.1) is 0 Å². The van der Waals surface area contributed by atoms with E-state index in [1.165, 1.54) is 10.5 Å². The van der Waals surface area contributed by atoms with E-state index in [9.17, 15) is 4.79 Å².